The summed E-state index contributed by atoms with van der Waals surface area (Å²) in [6, 6.07) is 75.5. The Bertz CT molecular complexity index is 2370. The number of ether oxygens (including phenoxy) is 2. The van der Waals surface area contributed by atoms with E-state index >= 15 is 0 Å². The van der Waals surface area contributed by atoms with Crippen LogP contribution in [0.2, 0.25) is 0 Å². The molecule has 2 bridgehead atoms. The van der Waals surface area contributed by atoms with E-state index in [0.717, 1.165) is 43.6 Å². The molecule has 8 aromatic carbocycles. The van der Waals surface area contributed by atoms with E-state index in [2.05, 4.69) is 206 Å². The zero-order valence-electron chi connectivity index (χ0n) is 33.0. The van der Waals surface area contributed by atoms with Gasteiger partial charge in [0.05, 0.1) is 0 Å². The van der Waals surface area contributed by atoms with Crippen LogP contribution < -0.4 is 41.3 Å². The van der Waals surface area contributed by atoms with Crippen LogP contribution >= 0.6 is 15.8 Å². The first-order chi connectivity index (χ1) is 29.3. The van der Waals surface area contributed by atoms with Gasteiger partial charge < -0.3 is 9.47 Å². The molecule has 288 valence electrons. The molecule has 0 fully saturated rings. The molecule has 8 aromatic rings. The lowest BCUT2D eigenvalue weighted by Crippen LogP contribution is -2.31. The van der Waals surface area contributed by atoms with Crippen LogP contribution in [0.25, 0.3) is 22.3 Å². The zero-order valence-corrected chi connectivity index (χ0v) is 34.8. The van der Waals surface area contributed by atoms with E-state index in [-0.39, 0.29) is 12.2 Å². The predicted octanol–water partition coefficient (Wildman–Crippen LogP) is 11.0. The normalized spacial score (nSPS) is 16.0. The maximum absolute atomic E-state index is 7.66. The van der Waals surface area contributed by atoms with E-state index < -0.39 is 15.8 Å². The van der Waals surface area contributed by atoms with Crippen molar-refractivity contribution >= 4 is 47.7 Å². The molecule has 0 unspecified atom stereocenters. The lowest BCUT2D eigenvalue weighted by atomic mass is 9.98. The molecule has 2 heterocycles. The Morgan fingerprint density at radius 3 is 0.966 bits per heavy atom. The Kier molecular flexibility index (Phi) is 10.9. The van der Waals surface area contributed by atoms with Crippen LogP contribution in [0.4, 0.5) is 0 Å². The van der Waals surface area contributed by atoms with E-state index in [4.69, 9.17) is 9.47 Å². The SMILES string of the molecule is c1ccc(-c2ccc3c(c2P(c2ccccc2)c2ccccc2)O[C@@H]2CCC[C@H](C3)Oc3c(ccc(-c4ccccc4)c3P(c3ccccc3)c3ccccc3)C2)cc1. The van der Waals surface area contributed by atoms with Gasteiger partial charge in [-0.05, 0) is 89.7 Å². The van der Waals surface area contributed by atoms with Crippen LogP contribution in [0, 0.1) is 0 Å². The smallest absolute Gasteiger partial charge is 0.132 e. The summed E-state index contributed by atoms with van der Waals surface area (Å²) < 4.78 is 15.3. The minimum Gasteiger partial charge on any atom is -0.489 e. The lowest BCUT2D eigenvalue weighted by molar-refractivity contribution is 0.189. The van der Waals surface area contributed by atoms with Gasteiger partial charge in [0.25, 0.3) is 0 Å². The Labute approximate surface area is 351 Å². The maximum Gasteiger partial charge on any atom is 0.132 e. The fourth-order valence-electron chi connectivity index (χ4n) is 8.88. The van der Waals surface area contributed by atoms with Gasteiger partial charge in [-0.2, -0.15) is 0 Å². The van der Waals surface area contributed by atoms with Crippen molar-refractivity contribution in [3.05, 3.63) is 217 Å². The molecule has 0 amide bonds. The Morgan fingerprint density at radius 2 is 0.644 bits per heavy atom. The fraction of sp³-hybridized carbons (Fsp3) is 0.127. The van der Waals surface area contributed by atoms with Gasteiger partial charge in [0.15, 0.2) is 0 Å². The second kappa shape index (κ2) is 17.2. The summed E-state index contributed by atoms with van der Waals surface area (Å²) >= 11 is 0. The summed E-state index contributed by atoms with van der Waals surface area (Å²) in [4.78, 5) is 0. The van der Waals surface area contributed by atoms with Crippen molar-refractivity contribution in [1.82, 2.24) is 0 Å². The van der Waals surface area contributed by atoms with Gasteiger partial charge in [-0.15, -0.1) is 0 Å². The number of benzene rings is 8. The van der Waals surface area contributed by atoms with Crippen molar-refractivity contribution < 1.29 is 9.47 Å². The molecule has 0 aromatic heterocycles. The largest absolute Gasteiger partial charge is 0.489 e. The number of fused-ring (bicyclic) bond motifs is 6. The summed E-state index contributed by atoms with van der Waals surface area (Å²) in [5.74, 6) is 2.09. The number of hydrogen-bond donors (Lipinski definition) is 0. The van der Waals surface area contributed by atoms with Crippen LogP contribution in [0.1, 0.15) is 30.4 Å². The van der Waals surface area contributed by atoms with E-state index in [1.165, 1.54) is 65.2 Å². The molecule has 0 aliphatic carbocycles. The first-order valence-corrected chi connectivity index (χ1v) is 23.5. The molecule has 0 saturated carbocycles. The third-order valence-corrected chi connectivity index (χ3v) is 16.7. The van der Waals surface area contributed by atoms with Crippen LogP contribution in [0.15, 0.2) is 206 Å². The molecule has 2 nitrogen and oxygen atoms in total. The third-order valence-electron chi connectivity index (χ3n) is 11.6. The Balaban J connectivity index is 1.18. The molecule has 0 spiro atoms. The van der Waals surface area contributed by atoms with Gasteiger partial charge in [-0.1, -0.05) is 206 Å². The highest BCUT2D eigenvalue weighted by atomic mass is 31.1. The molecule has 2 aliphatic heterocycles. The second-order valence-electron chi connectivity index (χ2n) is 15.5. The van der Waals surface area contributed by atoms with Crippen LogP contribution in [0.5, 0.6) is 11.5 Å². The molecular weight excluding hydrogens is 755 g/mol. The zero-order chi connectivity index (χ0) is 39.4. The first-order valence-electron chi connectivity index (χ1n) is 20.8. The van der Waals surface area contributed by atoms with E-state index in [0.29, 0.717) is 0 Å². The molecule has 2 atom stereocenters. The molecule has 0 radical (unpaired) electrons. The molecule has 4 heteroatoms. The van der Waals surface area contributed by atoms with Crippen LogP contribution in [-0.2, 0) is 12.8 Å². The van der Waals surface area contributed by atoms with E-state index in [1.54, 1.807) is 0 Å². The summed E-state index contributed by atoms with van der Waals surface area (Å²) in [6.45, 7) is 0. The van der Waals surface area contributed by atoms with Crippen molar-refractivity contribution in [2.45, 2.75) is 44.3 Å². The molecule has 0 saturated heterocycles. The van der Waals surface area contributed by atoms with Gasteiger partial charge >= 0.3 is 0 Å². The molecule has 59 heavy (non-hydrogen) atoms. The second-order valence-corrected chi connectivity index (χ2v) is 19.8. The molecule has 10 rings (SSSR count). The fourth-order valence-corrected chi connectivity index (χ4v) is 14.1. The van der Waals surface area contributed by atoms with E-state index in [1.807, 2.05) is 0 Å². The van der Waals surface area contributed by atoms with E-state index in [9.17, 15) is 0 Å². The maximum atomic E-state index is 7.66. The minimum absolute atomic E-state index is 0.0313. The highest BCUT2D eigenvalue weighted by Crippen LogP contribution is 2.47. The average molecular weight is 801 g/mol. The summed E-state index contributed by atoms with van der Waals surface area (Å²) in [7, 11) is -1.94. The van der Waals surface area contributed by atoms with Gasteiger partial charge in [-0.3, -0.25) is 0 Å². The highest BCUT2D eigenvalue weighted by Gasteiger charge is 2.35. The van der Waals surface area contributed by atoms with Crippen molar-refractivity contribution in [3.63, 3.8) is 0 Å². The summed E-state index contributed by atoms with van der Waals surface area (Å²) in [5.41, 5.74) is 7.36. The Morgan fingerprint density at radius 1 is 0.339 bits per heavy atom. The molecular formula is C55H46O2P2. The first kappa shape index (κ1) is 37.5. The third kappa shape index (κ3) is 7.77. The average Bonchev–Trinajstić information content (AvgIpc) is 3.44. The number of rotatable bonds is 8. The van der Waals surface area contributed by atoms with Crippen molar-refractivity contribution in [1.29, 1.82) is 0 Å². The molecule has 2 aliphatic rings. The van der Waals surface area contributed by atoms with Gasteiger partial charge in [0.1, 0.15) is 23.7 Å². The van der Waals surface area contributed by atoms with Crippen LogP contribution in [-0.4, -0.2) is 12.2 Å². The lowest BCUT2D eigenvalue weighted by Gasteiger charge is -2.32. The monoisotopic (exact) mass is 800 g/mol. The standard InChI is InChI=1S/C55H46O2P2/c1-7-20-40(21-8-1)50-36-34-42-38-45-25-19-24-44(56-52(42)54(50)58(46-26-11-3-12-27-46)47-28-13-4-14-29-47)39-43-35-37-51(41-22-9-2-10-23-41)55(53(43)57-45)59(48-30-15-5-16-31-48)49-32-17-6-18-33-49/h1-18,20-23,26-37,44-45H,19,24-25,38-39H2/t44-,45-/m1/s1. The topological polar surface area (TPSA) is 18.5 Å². The van der Waals surface area contributed by atoms with Gasteiger partial charge in [0.2, 0.25) is 0 Å². The Hall–Kier alpha value is -5.78. The van der Waals surface area contributed by atoms with Crippen molar-refractivity contribution in [3.8, 4) is 33.8 Å². The van der Waals surface area contributed by atoms with Gasteiger partial charge in [0, 0.05) is 23.5 Å². The van der Waals surface area contributed by atoms with Crippen molar-refractivity contribution in [2.24, 2.45) is 0 Å². The molecule has 0 N–H and O–H groups in total. The minimum atomic E-state index is -0.970. The summed E-state index contributed by atoms with van der Waals surface area (Å²) in [6.07, 6.45) is 4.43. The van der Waals surface area contributed by atoms with Crippen molar-refractivity contribution in [2.75, 3.05) is 0 Å². The highest BCUT2D eigenvalue weighted by molar-refractivity contribution is 7.80. The predicted molar refractivity (Wildman–Crippen MR) is 251 cm³/mol. The van der Waals surface area contributed by atoms with Crippen LogP contribution in [0.3, 0.4) is 0 Å². The summed E-state index contributed by atoms with van der Waals surface area (Å²) in [5, 5.41) is 7.86. The number of hydrogen-bond acceptors (Lipinski definition) is 2. The van der Waals surface area contributed by atoms with Gasteiger partial charge in [-0.25, -0.2) is 0 Å². The quantitative estimate of drug-likeness (QED) is 0.143.